The molecular formula is C16H18BrN3O. The van der Waals surface area contributed by atoms with E-state index in [1.165, 1.54) is 5.56 Å². The minimum Gasteiger partial charge on any atom is -0.323 e. The summed E-state index contributed by atoms with van der Waals surface area (Å²) in [6, 6.07) is 13.1. The highest BCUT2D eigenvalue weighted by Gasteiger charge is 2.14. The summed E-state index contributed by atoms with van der Waals surface area (Å²) in [5.74, 6) is -0.182. The highest BCUT2D eigenvalue weighted by atomic mass is 79.9. The van der Waals surface area contributed by atoms with Crippen LogP contribution >= 0.6 is 15.9 Å². The first-order valence-electron chi connectivity index (χ1n) is 6.80. The maximum atomic E-state index is 12.1. The van der Waals surface area contributed by atoms with Crippen LogP contribution in [0.2, 0.25) is 0 Å². The van der Waals surface area contributed by atoms with Gasteiger partial charge in [0.2, 0.25) is 5.91 Å². The van der Waals surface area contributed by atoms with E-state index in [1.54, 1.807) is 6.07 Å². The number of pyridine rings is 1. The van der Waals surface area contributed by atoms with E-state index in [0.29, 0.717) is 12.1 Å². The van der Waals surface area contributed by atoms with Gasteiger partial charge in [0, 0.05) is 0 Å². The largest absolute Gasteiger partial charge is 0.323 e. The Morgan fingerprint density at radius 1 is 1.29 bits per heavy atom. The molecule has 3 N–H and O–H groups in total. The molecule has 21 heavy (non-hydrogen) atoms. The standard InChI is InChI=1S/C16H18BrN3O/c1-11-14(9-10-15(17)19-11)20-16(21)13(18)8-7-12-5-3-2-4-6-12/h2-6,9-10,13H,7-8,18H2,1H3,(H,20,21)/t13-/m0/s1. The van der Waals surface area contributed by atoms with E-state index in [4.69, 9.17) is 5.73 Å². The molecule has 0 saturated heterocycles. The van der Waals surface area contributed by atoms with Gasteiger partial charge in [0.05, 0.1) is 17.4 Å². The van der Waals surface area contributed by atoms with E-state index >= 15 is 0 Å². The van der Waals surface area contributed by atoms with Crippen molar-refractivity contribution in [1.82, 2.24) is 4.98 Å². The molecule has 0 spiro atoms. The Bertz CT molecular complexity index is 616. The van der Waals surface area contributed by atoms with Crippen molar-refractivity contribution in [3.63, 3.8) is 0 Å². The lowest BCUT2D eigenvalue weighted by Crippen LogP contribution is -2.36. The van der Waals surface area contributed by atoms with Gasteiger partial charge in [-0.1, -0.05) is 30.3 Å². The average molecular weight is 348 g/mol. The van der Waals surface area contributed by atoms with Gasteiger partial charge in [0.15, 0.2) is 0 Å². The van der Waals surface area contributed by atoms with Gasteiger partial charge in [-0.2, -0.15) is 0 Å². The van der Waals surface area contributed by atoms with Crippen LogP contribution in [0, 0.1) is 6.92 Å². The predicted molar refractivity (Wildman–Crippen MR) is 88.0 cm³/mol. The summed E-state index contributed by atoms with van der Waals surface area (Å²) < 4.78 is 0.742. The monoisotopic (exact) mass is 347 g/mol. The van der Waals surface area contributed by atoms with Crippen LogP contribution in [-0.2, 0) is 11.2 Å². The Kier molecular flexibility index (Phi) is 5.47. The zero-order valence-corrected chi connectivity index (χ0v) is 13.4. The molecule has 0 bridgehead atoms. The summed E-state index contributed by atoms with van der Waals surface area (Å²) in [4.78, 5) is 16.3. The number of halogens is 1. The van der Waals surface area contributed by atoms with Crippen LogP contribution in [0.25, 0.3) is 0 Å². The van der Waals surface area contributed by atoms with Crippen LogP contribution in [0.15, 0.2) is 47.1 Å². The predicted octanol–water partition coefficient (Wildman–Crippen LogP) is 3.05. The van der Waals surface area contributed by atoms with Gasteiger partial charge < -0.3 is 11.1 Å². The molecule has 2 aromatic rings. The molecule has 1 amide bonds. The summed E-state index contributed by atoms with van der Waals surface area (Å²) in [5, 5.41) is 2.83. The number of nitrogens with zero attached hydrogens (tertiary/aromatic N) is 1. The lowest BCUT2D eigenvalue weighted by atomic mass is 10.1. The highest BCUT2D eigenvalue weighted by molar-refractivity contribution is 9.10. The van der Waals surface area contributed by atoms with Crippen LogP contribution in [-0.4, -0.2) is 16.9 Å². The molecule has 110 valence electrons. The first kappa shape index (κ1) is 15.7. The van der Waals surface area contributed by atoms with Crippen LogP contribution in [0.5, 0.6) is 0 Å². The molecule has 0 radical (unpaired) electrons. The Hall–Kier alpha value is -1.72. The van der Waals surface area contributed by atoms with E-state index in [1.807, 2.05) is 43.3 Å². The third-order valence-corrected chi connectivity index (χ3v) is 3.67. The van der Waals surface area contributed by atoms with Crippen molar-refractivity contribution < 1.29 is 4.79 Å². The van der Waals surface area contributed by atoms with Crippen molar-refractivity contribution in [3.8, 4) is 0 Å². The topological polar surface area (TPSA) is 68.0 Å². The van der Waals surface area contributed by atoms with Crippen molar-refractivity contribution in [2.24, 2.45) is 5.73 Å². The molecule has 0 saturated carbocycles. The summed E-state index contributed by atoms with van der Waals surface area (Å²) in [7, 11) is 0. The maximum Gasteiger partial charge on any atom is 0.241 e. The normalized spacial score (nSPS) is 12.0. The Labute approximate surface area is 132 Å². The summed E-state index contributed by atoms with van der Waals surface area (Å²) in [5.41, 5.74) is 8.58. The molecule has 0 aliphatic heterocycles. The molecule has 1 aromatic heterocycles. The number of amides is 1. The van der Waals surface area contributed by atoms with Crippen molar-refractivity contribution >= 4 is 27.5 Å². The number of benzene rings is 1. The van der Waals surface area contributed by atoms with Crippen LogP contribution in [0.4, 0.5) is 5.69 Å². The Balaban J connectivity index is 1.90. The Morgan fingerprint density at radius 2 is 2.00 bits per heavy atom. The van der Waals surface area contributed by atoms with Crippen LogP contribution in [0.1, 0.15) is 17.7 Å². The van der Waals surface area contributed by atoms with E-state index in [0.717, 1.165) is 16.7 Å². The fraction of sp³-hybridized carbons (Fsp3) is 0.250. The molecule has 0 aliphatic rings. The molecule has 2 rings (SSSR count). The second-order valence-electron chi connectivity index (χ2n) is 4.89. The number of carbonyl (C=O) groups is 1. The zero-order chi connectivity index (χ0) is 15.2. The number of hydrogen-bond acceptors (Lipinski definition) is 3. The molecule has 0 fully saturated rings. The van der Waals surface area contributed by atoms with E-state index in [9.17, 15) is 4.79 Å². The molecule has 0 aliphatic carbocycles. The molecule has 0 unspecified atom stereocenters. The summed E-state index contributed by atoms with van der Waals surface area (Å²) in [6.45, 7) is 1.84. The minimum atomic E-state index is -0.534. The minimum absolute atomic E-state index is 0.182. The number of nitrogens with one attached hydrogen (secondary N) is 1. The van der Waals surface area contributed by atoms with Crippen molar-refractivity contribution in [3.05, 3.63) is 58.3 Å². The van der Waals surface area contributed by atoms with Gasteiger partial charge in [0.25, 0.3) is 0 Å². The molecule has 1 atom stereocenters. The van der Waals surface area contributed by atoms with Crippen molar-refractivity contribution in [2.45, 2.75) is 25.8 Å². The molecule has 1 aromatic carbocycles. The van der Waals surface area contributed by atoms with Gasteiger partial charge in [-0.3, -0.25) is 4.79 Å². The fourth-order valence-electron chi connectivity index (χ4n) is 1.99. The fourth-order valence-corrected chi connectivity index (χ4v) is 2.38. The van der Waals surface area contributed by atoms with E-state index < -0.39 is 6.04 Å². The SMILES string of the molecule is Cc1nc(Br)ccc1NC(=O)[C@@H](N)CCc1ccccc1. The first-order chi connectivity index (χ1) is 10.1. The molecule has 4 nitrogen and oxygen atoms in total. The lowest BCUT2D eigenvalue weighted by molar-refractivity contribution is -0.117. The lowest BCUT2D eigenvalue weighted by Gasteiger charge is -2.13. The number of aromatic nitrogens is 1. The quantitative estimate of drug-likeness (QED) is 0.816. The summed E-state index contributed by atoms with van der Waals surface area (Å²) >= 11 is 3.29. The number of anilines is 1. The first-order valence-corrected chi connectivity index (χ1v) is 7.59. The zero-order valence-electron chi connectivity index (χ0n) is 11.8. The second-order valence-corrected chi connectivity index (χ2v) is 5.70. The van der Waals surface area contributed by atoms with E-state index in [2.05, 4.69) is 26.2 Å². The molecular weight excluding hydrogens is 330 g/mol. The number of nitrogens with two attached hydrogens (primary N) is 1. The number of rotatable bonds is 5. The third-order valence-electron chi connectivity index (χ3n) is 3.23. The van der Waals surface area contributed by atoms with Crippen LogP contribution < -0.4 is 11.1 Å². The third kappa shape index (κ3) is 4.65. The number of carbonyl (C=O) groups excluding carboxylic acids is 1. The number of aryl methyl sites for hydroxylation is 2. The van der Waals surface area contributed by atoms with E-state index in [-0.39, 0.29) is 5.91 Å². The molecule has 1 heterocycles. The summed E-state index contributed by atoms with van der Waals surface area (Å²) in [6.07, 6.45) is 1.39. The smallest absolute Gasteiger partial charge is 0.241 e. The van der Waals surface area contributed by atoms with Gasteiger partial charge in [-0.25, -0.2) is 4.98 Å². The van der Waals surface area contributed by atoms with Crippen molar-refractivity contribution in [2.75, 3.05) is 5.32 Å². The van der Waals surface area contributed by atoms with Gasteiger partial charge >= 0.3 is 0 Å². The van der Waals surface area contributed by atoms with Gasteiger partial charge in [-0.15, -0.1) is 0 Å². The maximum absolute atomic E-state index is 12.1. The van der Waals surface area contributed by atoms with Crippen molar-refractivity contribution in [1.29, 1.82) is 0 Å². The highest BCUT2D eigenvalue weighted by Crippen LogP contribution is 2.16. The van der Waals surface area contributed by atoms with Gasteiger partial charge in [0.1, 0.15) is 4.60 Å². The van der Waals surface area contributed by atoms with Gasteiger partial charge in [-0.05, 0) is 53.4 Å². The second kappa shape index (κ2) is 7.33. The average Bonchev–Trinajstić information content (AvgIpc) is 2.48. The number of hydrogen-bond donors (Lipinski definition) is 2. The Morgan fingerprint density at radius 3 is 2.67 bits per heavy atom. The van der Waals surface area contributed by atoms with Crippen LogP contribution in [0.3, 0.4) is 0 Å². The molecule has 5 heteroatoms.